The standard InChI is InChI=1S/C17H22ClN3O2/c1-10-6-7-11(8-12(10)18)19-16(22)9-15-17(23)21-14-5-3-2-4-13(14)20-15/h6-8,13-15,20H,2-5,9H2,1H3,(H,19,22)(H,21,23)/t13-,14-,15+/m0/s1. The summed E-state index contributed by atoms with van der Waals surface area (Å²) in [5, 5.41) is 9.81. The molecular formula is C17H22ClN3O2. The normalized spacial score (nSPS) is 27.0. The van der Waals surface area contributed by atoms with Crippen LogP contribution in [0.3, 0.4) is 0 Å². The first-order chi connectivity index (χ1) is 11.0. The van der Waals surface area contributed by atoms with E-state index in [9.17, 15) is 9.59 Å². The van der Waals surface area contributed by atoms with Crippen molar-refractivity contribution in [3.63, 3.8) is 0 Å². The minimum Gasteiger partial charge on any atom is -0.350 e. The average molecular weight is 336 g/mol. The molecule has 1 aliphatic carbocycles. The van der Waals surface area contributed by atoms with Crippen molar-refractivity contribution in [1.82, 2.24) is 10.6 Å². The maximum atomic E-state index is 12.2. The molecule has 2 fully saturated rings. The largest absolute Gasteiger partial charge is 0.350 e. The Morgan fingerprint density at radius 3 is 2.78 bits per heavy atom. The van der Waals surface area contributed by atoms with Crippen LogP contribution in [0.1, 0.15) is 37.7 Å². The molecule has 23 heavy (non-hydrogen) atoms. The summed E-state index contributed by atoms with van der Waals surface area (Å²) in [6, 6.07) is 5.43. The SMILES string of the molecule is Cc1ccc(NC(=O)C[C@H]2N[C@H]3CCCC[C@@H]3NC2=O)cc1Cl. The number of hydrogen-bond acceptors (Lipinski definition) is 3. The van der Waals surface area contributed by atoms with E-state index in [1.54, 1.807) is 6.07 Å². The zero-order valence-electron chi connectivity index (χ0n) is 13.2. The van der Waals surface area contributed by atoms with Crippen LogP contribution in [0.4, 0.5) is 5.69 Å². The topological polar surface area (TPSA) is 70.2 Å². The van der Waals surface area contributed by atoms with Gasteiger partial charge in [-0.25, -0.2) is 0 Å². The van der Waals surface area contributed by atoms with Crippen LogP contribution in [0, 0.1) is 6.92 Å². The molecule has 3 rings (SSSR count). The Morgan fingerprint density at radius 1 is 1.30 bits per heavy atom. The van der Waals surface area contributed by atoms with Gasteiger partial charge in [-0.3, -0.25) is 9.59 Å². The zero-order valence-corrected chi connectivity index (χ0v) is 14.0. The third-order valence-electron chi connectivity index (χ3n) is 4.67. The highest BCUT2D eigenvalue weighted by molar-refractivity contribution is 6.31. The number of aryl methyl sites for hydroxylation is 1. The second kappa shape index (κ2) is 6.89. The Hall–Kier alpha value is -1.59. The molecule has 0 spiro atoms. The minimum absolute atomic E-state index is 0.0785. The number of fused-ring (bicyclic) bond motifs is 1. The lowest BCUT2D eigenvalue weighted by Gasteiger charge is -2.40. The van der Waals surface area contributed by atoms with Gasteiger partial charge in [0, 0.05) is 22.8 Å². The lowest BCUT2D eigenvalue weighted by atomic mass is 9.87. The molecule has 3 atom stereocenters. The van der Waals surface area contributed by atoms with Crippen LogP contribution in [0.15, 0.2) is 18.2 Å². The van der Waals surface area contributed by atoms with Gasteiger partial charge in [0.1, 0.15) is 0 Å². The molecule has 3 N–H and O–H groups in total. The molecule has 2 amide bonds. The van der Waals surface area contributed by atoms with Crippen LogP contribution in [0.2, 0.25) is 5.02 Å². The average Bonchev–Trinajstić information content (AvgIpc) is 2.51. The van der Waals surface area contributed by atoms with Crippen LogP contribution in [0.5, 0.6) is 0 Å². The second-order valence-corrected chi connectivity index (χ2v) is 6.85. The predicted molar refractivity (Wildman–Crippen MR) is 90.5 cm³/mol. The quantitative estimate of drug-likeness (QED) is 0.794. The second-order valence-electron chi connectivity index (χ2n) is 6.44. The predicted octanol–water partition coefficient (Wildman–Crippen LogP) is 2.38. The maximum Gasteiger partial charge on any atom is 0.237 e. The van der Waals surface area contributed by atoms with Crippen molar-refractivity contribution in [3.8, 4) is 0 Å². The molecule has 1 aliphatic heterocycles. The summed E-state index contributed by atoms with van der Waals surface area (Å²) in [4.78, 5) is 24.4. The van der Waals surface area contributed by atoms with Gasteiger partial charge in [0.05, 0.1) is 12.5 Å². The smallest absolute Gasteiger partial charge is 0.237 e. The highest BCUT2D eigenvalue weighted by atomic mass is 35.5. The fraction of sp³-hybridized carbons (Fsp3) is 0.529. The van der Waals surface area contributed by atoms with Gasteiger partial charge >= 0.3 is 0 Å². The first-order valence-corrected chi connectivity index (χ1v) is 8.53. The molecule has 1 aromatic rings. The van der Waals surface area contributed by atoms with Crippen molar-refractivity contribution in [2.45, 2.75) is 57.2 Å². The molecule has 124 valence electrons. The van der Waals surface area contributed by atoms with E-state index < -0.39 is 6.04 Å². The van der Waals surface area contributed by atoms with Gasteiger partial charge in [0.15, 0.2) is 0 Å². The number of carbonyl (C=O) groups is 2. The van der Waals surface area contributed by atoms with Gasteiger partial charge in [0.25, 0.3) is 0 Å². The fourth-order valence-corrected chi connectivity index (χ4v) is 3.52. The molecule has 0 bridgehead atoms. The van der Waals surface area contributed by atoms with Crippen LogP contribution < -0.4 is 16.0 Å². The summed E-state index contributed by atoms with van der Waals surface area (Å²) >= 11 is 6.06. The molecule has 1 saturated carbocycles. The number of benzene rings is 1. The summed E-state index contributed by atoms with van der Waals surface area (Å²) in [5.41, 5.74) is 1.61. The Kier molecular flexibility index (Phi) is 4.87. The first-order valence-electron chi connectivity index (χ1n) is 8.15. The number of halogens is 1. The van der Waals surface area contributed by atoms with Crippen molar-refractivity contribution in [3.05, 3.63) is 28.8 Å². The summed E-state index contributed by atoms with van der Waals surface area (Å²) in [7, 11) is 0. The Labute approximate surface area is 141 Å². The van der Waals surface area contributed by atoms with E-state index in [0.717, 1.165) is 24.8 Å². The van der Waals surface area contributed by atoms with E-state index >= 15 is 0 Å². The molecule has 1 saturated heterocycles. The van der Waals surface area contributed by atoms with E-state index in [2.05, 4.69) is 16.0 Å². The molecule has 0 aromatic heterocycles. The van der Waals surface area contributed by atoms with Crippen molar-refractivity contribution in [2.24, 2.45) is 0 Å². The minimum atomic E-state index is -0.463. The van der Waals surface area contributed by atoms with E-state index in [1.807, 2.05) is 19.1 Å². The van der Waals surface area contributed by atoms with Gasteiger partial charge in [0.2, 0.25) is 11.8 Å². The van der Waals surface area contributed by atoms with E-state index in [1.165, 1.54) is 6.42 Å². The number of piperazine rings is 1. The number of nitrogens with one attached hydrogen (secondary N) is 3. The van der Waals surface area contributed by atoms with Crippen LogP contribution in [0.25, 0.3) is 0 Å². The van der Waals surface area contributed by atoms with Crippen molar-refractivity contribution in [2.75, 3.05) is 5.32 Å². The van der Waals surface area contributed by atoms with E-state index in [4.69, 9.17) is 11.6 Å². The highest BCUT2D eigenvalue weighted by Gasteiger charge is 2.36. The lowest BCUT2D eigenvalue weighted by Crippen LogP contribution is -2.65. The van der Waals surface area contributed by atoms with E-state index in [-0.39, 0.29) is 30.3 Å². The number of hydrogen-bond donors (Lipinski definition) is 3. The molecule has 0 radical (unpaired) electrons. The van der Waals surface area contributed by atoms with Crippen molar-refractivity contribution >= 4 is 29.1 Å². The molecule has 1 heterocycles. The third kappa shape index (κ3) is 3.85. The van der Waals surface area contributed by atoms with Crippen LogP contribution in [-0.4, -0.2) is 29.9 Å². The lowest BCUT2D eigenvalue weighted by molar-refractivity contribution is -0.129. The maximum absolute atomic E-state index is 12.2. The Morgan fingerprint density at radius 2 is 2.04 bits per heavy atom. The molecule has 1 aromatic carbocycles. The van der Waals surface area contributed by atoms with Gasteiger partial charge < -0.3 is 16.0 Å². The number of amides is 2. The molecule has 6 heteroatoms. The molecule has 5 nitrogen and oxygen atoms in total. The number of carbonyl (C=O) groups excluding carboxylic acids is 2. The summed E-state index contributed by atoms with van der Waals surface area (Å²) in [5.74, 6) is -0.267. The number of anilines is 1. The monoisotopic (exact) mass is 335 g/mol. The first kappa shape index (κ1) is 16.3. The summed E-state index contributed by atoms with van der Waals surface area (Å²) in [6.07, 6.45) is 4.52. The highest BCUT2D eigenvalue weighted by Crippen LogP contribution is 2.23. The fourth-order valence-electron chi connectivity index (χ4n) is 3.34. The van der Waals surface area contributed by atoms with Crippen LogP contribution in [-0.2, 0) is 9.59 Å². The zero-order chi connectivity index (χ0) is 16.4. The van der Waals surface area contributed by atoms with Crippen LogP contribution >= 0.6 is 11.6 Å². The summed E-state index contributed by atoms with van der Waals surface area (Å²) in [6.45, 7) is 1.91. The number of rotatable bonds is 3. The molecule has 2 aliphatic rings. The Bertz CT molecular complexity index is 620. The van der Waals surface area contributed by atoms with Gasteiger partial charge in [-0.1, -0.05) is 30.5 Å². The van der Waals surface area contributed by atoms with Gasteiger partial charge in [-0.2, -0.15) is 0 Å². The molecule has 0 unspecified atom stereocenters. The van der Waals surface area contributed by atoms with Crippen molar-refractivity contribution in [1.29, 1.82) is 0 Å². The van der Waals surface area contributed by atoms with Gasteiger partial charge in [-0.05, 0) is 37.5 Å². The van der Waals surface area contributed by atoms with E-state index in [0.29, 0.717) is 10.7 Å². The van der Waals surface area contributed by atoms with Gasteiger partial charge in [-0.15, -0.1) is 0 Å². The summed E-state index contributed by atoms with van der Waals surface area (Å²) < 4.78 is 0. The third-order valence-corrected chi connectivity index (χ3v) is 5.08. The Balaban J connectivity index is 1.58. The van der Waals surface area contributed by atoms with Crippen molar-refractivity contribution < 1.29 is 9.59 Å². The molecular weight excluding hydrogens is 314 g/mol.